The van der Waals surface area contributed by atoms with Crippen LogP contribution in [0.25, 0.3) is 6.08 Å². The number of rotatable bonds is 6. The van der Waals surface area contributed by atoms with Crippen molar-refractivity contribution in [2.45, 2.75) is 6.61 Å². The molecule has 0 bridgehead atoms. The normalized spacial score (nSPS) is 15.4. The minimum Gasteiger partial charge on any atom is -0.487 e. The van der Waals surface area contributed by atoms with Gasteiger partial charge < -0.3 is 4.74 Å². The van der Waals surface area contributed by atoms with Gasteiger partial charge in [0.1, 0.15) is 17.9 Å². The van der Waals surface area contributed by atoms with Gasteiger partial charge in [-0.3, -0.25) is 19.8 Å². The van der Waals surface area contributed by atoms with Crippen LogP contribution in [0, 0.1) is 3.57 Å². The number of halogens is 3. The molecule has 3 rings (SSSR count). The lowest BCUT2D eigenvalue weighted by Gasteiger charge is -2.27. The number of hydrogen-bond acceptors (Lipinski definition) is 4. The van der Waals surface area contributed by atoms with Crippen molar-refractivity contribution in [2.24, 2.45) is 0 Å². The van der Waals surface area contributed by atoms with Crippen molar-refractivity contribution in [3.05, 3.63) is 78.8 Å². The fourth-order valence-electron chi connectivity index (χ4n) is 2.72. The lowest BCUT2D eigenvalue weighted by atomic mass is 10.1. The fourth-order valence-corrected chi connectivity index (χ4v) is 4.93. The van der Waals surface area contributed by atoms with Gasteiger partial charge in [-0.1, -0.05) is 35.9 Å². The molecule has 1 heterocycles. The van der Waals surface area contributed by atoms with Crippen molar-refractivity contribution in [3.8, 4) is 5.75 Å². The molecule has 0 unspecified atom stereocenters. The van der Waals surface area contributed by atoms with E-state index in [1.165, 1.54) is 11.0 Å². The summed E-state index contributed by atoms with van der Waals surface area (Å²) in [5, 5.41) is 3.23. The second-order valence-corrected chi connectivity index (χ2v) is 9.03. The van der Waals surface area contributed by atoms with Crippen molar-refractivity contribution in [2.75, 3.05) is 6.54 Å². The summed E-state index contributed by atoms with van der Waals surface area (Å²) in [7, 11) is 0. The van der Waals surface area contributed by atoms with Crippen LogP contribution in [0.3, 0.4) is 0 Å². The Kier molecular flexibility index (Phi) is 7.67. The van der Waals surface area contributed by atoms with Crippen LogP contribution in [0.2, 0.25) is 5.02 Å². The first-order valence-electron chi connectivity index (χ1n) is 8.67. The third kappa shape index (κ3) is 5.11. The molecule has 0 spiro atoms. The van der Waals surface area contributed by atoms with E-state index in [0.29, 0.717) is 27.4 Å². The number of amides is 2. The molecule has 2 aromatic rings. The van der Waals surface area contributed by atoms with Crippen LogP contribution < -0.4 is 10.1 Å². The Balaban J connectivity index is 1.86. The van der Waals surface area contributed by atoms with Crippen molar-refractivity contribution in [1.82, 2.24) is 10.2 Å². The van der Waals surface area contributed by atoms with Crippen LogP contribution in [0.5, 0.6) is 5.75 Å². The molecule has 0 atom stereocenters. The van der Waals surface area contributed by atoms with Crippen LogP contribution in [0.4, 0.5) is 0 Å². The molecular weight excluding hydrogens is 603 g/mol. The van der Waals surface area contributed by atoms with E-state index in [4.69, 9.17) is 28.6 Å². The number of hydrogen-bond donors (Lipinski definition) is 1. The maximum atomic E-state index is 12.7. The monoisotopic (exact) mass is 616 g/mol. The molecule has 1 N–H and O–H groups in total. The summed E-state index contributed by atoms with van der Waals surface area (Å²) < 4.78 is 7.44. The highest BCUT2D eigenvalue weighted by atomic mass is 127. The Hall–Kier alpha value is -1.75. The number of carbonyl (C=O) groups excluding carboxylic acids is 2. The number of benzene rings is 2. The molecule has 1 aliphatic heterocycles. The fraction of sp³-hybridized carbons (Fsp3) is 0.0952. The van der Waals surface area contributed by atoms with E-state index < -0.39 is 11.8 Å². The molecule has 1 aliphatic rings. The first-order chi connectivity index (χ1) is 14.3. The molecule has 2 aromatic carbocycles. The predicted octanol–water partition coefficient (Wildman–Crippen LogP) is 5.10. The van der Waals surface area contributed by atoms with Gasteiger partial charge in [0.05, 0.1) is 8.04 Å². The average molecular weight is 618 g/mol. The van der Waals surface area contributed by atoms with Crippen LogP contribution in [0.1, 0.15) is 11.1 Å². The van der Waals surface area contributed by atoms with Gasteiger partial charge in [-0.05, 0) is 80.6 Å². The summed E-state index contributed by atoms with van der Waals surface area (Å²) in [6, 6.07) is 11.1. The van der Waals surface area contributed by atoms with E-state index in [1.54, 1.807) is 12.1 Å². The van der Waals surface area contributed by atoms with E-state index in [2.05, 4.69) is 50.4 Å². The molecule has 154 valence electrons. The molecule has 0 aromatic heterocycles. The van der Waals surface area contributed by atoms with Crippen LogP contribution >= 0.6 is 62.3 Å². The zero-order valence-corrected chi connectivity index (χ0v) is 20.8. The largest absolute Gasteiger partial charge is 0.487 e. The lowest BCUT2D eigenvalue weighted by Crippen LogP contribution is -2.53. The summed E-state index contributed by atoms with van der Waals surface area (Å²) >= 11 is 16.9. The molecule has 1 fully saturated rings. The minimum atomic E-state index is -0.532. The Morgan fingerprint density at radius 1 is 1.30 bits per heavy atom. The number of nitrogens with zero attached hydrogens (tertiary/aromatic N) is 1. The van der Waals surface area contributed by atoms with Crippen LogP contribution in [0.15, 0.2) is 59.1 Å². The second kappa shape index (κ2) is 10.0. The molecule has 9 heteroatoms. The third-order valence-corrected chi connectivity index (χ3v) is 6.24. The summed E-state index contributed by atoms with van der Waals surface area (Å²) in [5.74, 6) is -0.351. The highest BCUT2D eigenvalue weighted by molar-refractivity contribution is 14.1. The third-order valence-electron chi connectivity index (χ3n) is 4.16. The first kappa shape index (κ1) is 22.9. The number of ether oxygens (including phenoxy) is 1. The van der Waals surface area contributed by atoms with Gasteiger partial charge in [-0.2, -0.15) is 0 Å². The topological polar surface area (TPSA) is 58.6 Å². The highest BCUT2D eigenvalue weighted by Gasteiger charge is 2.32. The van der Waals surface area contributed by atoms with Gasteiger partial charge in [-0.15, -0.1) is 6.58 Å². The molecule has 2 amide bonds. The van der Waals surface area contributed by atoms with Gasteiger partial charge in [0.15, 0.2) is 5.11 Å². The van der Waals surface area contributed by atoms with E-state index in [-0.39, 0.29) is 17.2 Å². The van der Waals surface area contributed by atoms with Gasteiger partial charge in [-0.25, -0.2) is 0 Å². The number of nitrogens with one attached hydrogen (secondary N) is 1. The first-order valence-corrected chi connectivity index (χ1v) is 11.3. The van der Waals surface area contributed by atoms with Crippen molar-refractivity contribution >= 4 is 85.3 Å². The minimum absolute atomic E-state index is 0.00196. The van der Waals surface area contributed by atoms with Gasteiger partial charge in [0.25, 0.3) is 11.8 Å². The van der Waals surface area contributed by atoms with Crippen molar-refractivity contribution in [3.63, 3.8) is 0 Å². The zero-order valence-electron chi connectivity index (χ0n) is 15.5. The SMILES string of the molecule is C=CCN1C(=O)/C(=C/c2cc(Br)c(OCc3ccccc3Cl)c(I)c2)C(=O)NC1=S. The second-order valence-electron chi connectivity index (χ2n) is 6.22. The van der Waals surface area contributed by atoms with Gasteiger partial charge in [0.2, 0.25) is 0 Å². The van der Waals surface area contributed by atoms with E-state index in [0.717, 1.165) is 9.13 Å². The van der Waals surface area contributed by atoms with E-state index >= 15 is 0 Å². The Bertz CT molecular complexity index is 1070. The van der Waals surface area contributed by atoms with Crippen molar-refractivity contribution < 1.29 is 14.3 Å². The lowest BCUT2D eigenvalue weighted by molar-refractivity contribution is -0.128. The van der Waals surface area contributed by atoms with Gasteiger partial charge >= 0.3 is 0 Å². The molecular formula is C21H15BrClIN2O3S. The Morgan fingerprint density at radius 2 is 2.03 bits per heavy atom. The highest BCUT2D eigenvalue weighted by Crippen LogP contribution is 2.34. The molecule has 1 saturated heterocycles. The Morgan fingerprint density at radius 3 is 2.70 bits per heavy atom. The quantitative estimate of drug-likeness (QED) is 0.161. The molecule has 0 radical (unpaired) electrons. The van der Waals surface area contributed by atoms with Gasteiger partial charge in [0, 0.05) is 17.1 Å². The van der Waals surface area contributed by atoms with Crippen LogP contribution in [-0.2, 0) is 16.2 Å². The zero-order chi connectivity index (χ0) is 21.8. The maximum Gasteiger partial charge on any atom is 0.265 e. The smallest absolute Gasteiger partial charge is 0.265 e. The number of thiocarbonyl (C=S) groups is 1. The van der Waals surface area contributed by atoms with Crippen molar-refractivity contribution in [1.29, 1.82) is 0 Å². The summed E-state index contributed by atoms with van der Waals surface area (Å²) in [6.45, 7) is 4.14. The van der Waals surface area contributed by atoms with Crippen LogP contribution in [-0.4, -0.2) is 28.4 Å². The summed E-state index contributed by atoms with van der Waals surface area (Å²) in [5.41, 5.74) is 1.54. The summed E-state index contributed by atoms with van der Waals surface area (Å²) in [4.78, 5) is 26.3. The standard InChI is InChI=1S/C21H15BrClIN2O3S/c1-2-7-26-20(28)14(19(27)25-21(26)30)8-12-9-15(22)18(17(24)10-12)29-11-13-5-3-4-6-16(13)23/h2-6,8-10H,1,7,11H2,(H,25,27,30)/b14-8+. The molecule has 0 aliphatic carbocycles. The molecule has 0 saturated carbocycles. The molecule has 30 heavy (non-hydrogen) atoms. The molecule has 5 nitrogen and oxygen atoms in total. The number of carbonyl (C=O) groups is 2. The van der Waals surface area contributed by atoms with E-state index in [9.17, 15) is 9.59 Å². The Labute approximate surface area is 206 Å². The summed E-state index contributed by atoms with van der Waals surface area (Å²) in [6.07, 6.45) is 3.07. The maximum absolute atomic E-state index is 12.7. The predicted molar refractivity (Wildman–Crippen MR) is 133 cm³/mol. The average Bonchev–Trinajstić information content (AvgIpc) is 2.69. The van der Waals surface area contributed by atoms with E-state index in [1.807, 2.05) is 30.3 Å².